The number of thiophene rings is 1. The van der Waals surface area contributed by atoms with Crippen molar-refractivity contribution >= 4 is 32.8 Å². The van der Waals surface area contributed by atoms with Crippen molar-refractivity contribution in [2.45, 2.75) is 48.8 Å². The van der Waals surface area contributed by atoms with Gasteiger partial charge in [-0.25, -0.2) is 8.42 Å². The van der Waals surface area contributed by atoms with Gasteiger partial charge < -0.3 is 14.8 Å². The number of sulfone groups is 1. The van der Waals surface area contributed by atoms with Crippen LogP contribution in [0.4, 0.5) is 5.69 Å². The molecule has 0 aliphatic carbocycles. The largest absolute Gasteiger partial charge is 0.493 e. The van der Waals surface area contributed by atoms with Crippen LogP contribution in [0.1, 0.15) is 48.1 Å². The summed E-state index contributed by atoms with van der Waals surface area (Å²) in [6, 6.07) is 12.4. The summed E-state index contributed by atoms with van der Waals surface area (Å²) < 4.78 is 38.0. The van der Waals surface area contributed by atoms with Gasteiger partial charge >= 0.3 is 0 Å². The minimum atomic E-state index is -3.77. The molecule has 0 radical (unpaired) electrons. The number of nitrogens with one attached hydrogen (secondary N) is 1. The smallest absolute Gasteiger partial charge is 0.225 e. The zero-order chi connectivity index (χ0) is 23.6. The van der Waals surface area contributed by atoms with Crippen LogP contribution in [-0.4, -0.2) is 28.0 Å². The second-order valence-corrected chi connectivity index (χ2v) is 10.9. The van der Waals surface area contributed by atoms with Crippen molar-refractivity contribution < 1.29 is 22.7 Å². The van der Waals surface area contributed by atoms with E-state index in [1.165, 1.54) is 11.3 Å². The van der Waals surface area contributed by atoms with Gasteiger partial charge in [-0.2, -0.15) is 0 Å². The summed E-state index contributed by atoms with van der Waals surface area (Å²) >= 11 is 1.35. The molecule has 0 saturated carbocycles. The summed E-state index contributed by atoms with van der Waals surface area (Å²) in [6.45, 7) is 4.58. The SMILES string of the molecule is CCCCOc1cc([C@@H]2CC(=O)Nc3c(S(=O)(=O)c4ccc(C)cc4)csc32)ccc1OC. The Labute approximate surface area is 198 Å². The predicted molar refractivity (Wildman–Crippen MR) is 129 cm³/mol. The number of hydrogen-bond donors (Lipinski definition) is 1. The Morgan fingerprint density at radius 2 is 1.88 bits per heavy atom. The summed E-state index contributed by atoms with van der Waals surface area (Å²) in [6.07, 6.45) is 2.17. The molecule has 2 aromatic carbocycles. The lowest BCUT2D eigenvalue weighted by molar-refractivity contribution is -0.116. The van der Waals surface area contributed by atoms with E-state index in [0.29, 0.717) is 23.8 Å². The quantitative estimate of drug-likeness (QED) is 0.423. The van der Waals surface area contributed by atoms with E-state index in [9.17, 15) is 13.2 Å². The van der Waals surface area contributed by atoms with Crippen LogP contribution in [0.3, 0.4) is 0 Å². The number of aryl methyl sites for hydroxylation is 1. The third-order valence-electron chi connectivity index (χ3n) is 5.72. The van der Waals surface area contributed by atoms with Gasteiger partial charge in [-0.3, -0.25) is 4.79 Å². The van der Waals surface area contributed by atoms with E-state index in [0.717, 1.165) is 28.8 Å². The lowest BCUT2D eigenvalue weighted by Crippen LogP contribution is -2.23. The minimum absolute atomic E-state index is 0.136. The fourth-order valence-corrected chi connectivity index (χ4v) is 6.77. The molecule has 8 heteroatoms. The Bertz CT molecular complexity index is 1260. The van der Waals surface area contributed by atoms with Crippen LogP contribution in [0.15, 0.2) is 57.6 Å². The van der Waals surface area contributed by atoms with Crippen LogP contribution in [0.5, 0.6) is 11.5 Å². The molecular formula is C25H27NO5S2. The van der Waals surface area contributed by atoms with Gasteiger partial charge in [-0.15, -0.1) is 11.3 Å². The number of rotatable bonds is 8. The fourth-order valence-electron chi connectivity index (χ4n) is 3.87. The highest BCUT2D eigenvalue weighted by molar-refractivity contribution is 7.91. The lowest BCUT2D eigenvalue weighted by Gasteiger charge is -2.24. The topological polar surface area (TPSA) is 81.7 Å². The molecule has 1 aromatic heterocycles. The molecule has 0 unspecified atom stereocenters. The summed E-state index contributed by atoms with van der Waals surface area (Å²) in [4.78, 5) is 13.8. The Morgan fingerprint density at radius 1 is 1.12 bits per heavy atom. The van der Waals surface area contributed by atoms with E-state index in [-0.39, 0.29) is 28.0 Å². The molecular weight excluding hydrogens is 458 g/mol. The highest BCUT2D eigenvalue weighted by atomic mass is 32.2. The van der Waals surface area contributed by atoms with Gasteiger partial charge in [0.05, 0.1) is 24.3 Å². The van der Waals surface area contributed by atoms with Crippen molar-refractivity contribution in [1.29, 1.82) is 0 Å². The van der Waals surface area contributed by atoms with Crippen molar-refractivity contribution in [2.75, 3.05) is 19.0 Å². The molecule has 0 fully saturated rings. The van der Waals surface area contributed by atoms with Crippen molar-refractivity contribution in [1.82, 2.24) is 0 Å². The van der Waals surface area contributed by atoms with Gasteiger partial charge in [0, 0.05) is 22.6 Å². The molecule has 4 rings (SSSR count). The van der Waals surface area contributed by atoms with Crippen molar-refractivity contribution in [3.63, 3.8) is 0 Å². The molecule has 33 heavy (non-hydrogen) atoms. The average molecular weight is 486 g/mol. The standard InChI is InChI=1S/C25H27NO5S2/c1-4-5-12-31-21-13-17(8-11-20(21)30-3)19-14-23(27)26-24-22(15-32-25(19)24)33(28,29)18-9-6-16(2)7-10-18/h6-11,13,15,19H,4-5,12,14H2,1-3H3,(H,26,27)/t19-/m0/s1. The van der Waals surface area contributed by atoms with E-state index < -0.39 is 9.84 Å². The highest BCUT2D eigenvalue weighted by Crippen LogP contribution is 2.47. The van der Waals surface area contributed by atoms with E-state index in [2.05, 4.69) is 12.2 Å². The zero-order valence-corrected chi connectivity index (χ0v) is 20.5. The first-order valence-corrected chi connectivity index (χ1v) is 13.2. The molecule has 1 N–H and O–H groups in total. The maximum Gasteiger partial charge on any atom is 0.225 e. The van der Waals surface area contributed by atoms with Crippen molar-refractivity contribution in [3.05, 3.63) is 63.8 Å². The van der Waals surface area contributed by atoms with Gasteiger partial charge in [0.2, 0.25) is 15.7 Å². The molecule has 1 atom stereocenters. The number of amides is 1. The normalized spacial score (nSPS) is 15.6. The second-order valence-electron chi connectivity index (χ2n) is 8.07. The number of carbonyl (C=O) groups is 1. The van der Waals surface area contributed by atoms with Crippen LogP contribution in [-0.2, 0) is 14.6 Å². The van der Waals surface area contributed by atoms with E-state index in [4.69, 9.17) is 9.47 Å². The Kier molecular flexibility index (Phi) is 6.76. The summed E-state index contributed by atoms with van der Waals surface area (Å²) in [7, 11) is -2.17. The first kappa shape index (κ1) is 23.3. The summed E-state index contributed by atoms with van der Waals surface area (Å²) in [5.74, 6) is 0.778. The minimum Gasteiger partial charge on any atom is -0.493 e. The molecule has 0 bridgehead atoms. The Hall–Kier alpha value is -2.84. The van der Waals surface area contributed by atoms with Gasteiger partial charge in [0.15, 0.2) is 11.5 Å². The number of methoxy groups -OCH3 is 1. The third kappa shape index (κ3) is 4.63. The van der Waals surface area contributed by atoms with E-state index in [1.54, 1.807) is 36.8 Å². The van der Waals surface area contributed by atoms with Gasteiger partial charge in [0.1, 0.15) is 4.90 Å². The van der Waals surface area contributed by atoms with Crippen molar-refractivity contribution in [2.24, 2.45) is 0 Å². The number of anilines is 1. The Balaban J connectivity index is 1.74. The van der Waals surface area contributed by atoms with Crippen LogP contribution < -0.4 is 14.8 Å². The predicted octanol–water partition coefficient (Wildman–Crippen LogP) is 5.55. The highest BCUT2D eigenvalue weighted by Gasteiger charge is 2.34. The molecule has 1 aliphatic rings. The number of ether oxygens (including phenoxy) is 2. The van der Waals surface area contributed by atoms with E-state index in [1.807, 2.05) is 25.1 Å². The molecule has 0 spiro atoms. The van der Waals surface area contributed by atoms with Gasteiger partial charge in [-0.1, -0.05) is 37.1 Å². The van der Waals surface area contributed by atoms with Crippen LogP contribution in [0.2, 0.25) is 0 Å². The maximum atomic E-state index is 13.3. The van der Waals surface area contributed by atoms with E-state index >= 15 is 0 Å². The molecule has 1 aliphatic heterocycles. The number of unbranched alkanes of at least 4 members (excludes halogenated alkanes) is 1. The van der Waals surface area contributed by atoms with Crippen LogP contribution in [0, 0.1) is 6.92 Å². The first-order chi connectivity index (χ1) is 15.8. The van der Waals surface area contributed by atoms with Crippen LogP contribution in [0.25, 0.3) is 0 Å². The third-order valence-corrected chi connectivity index (χ3v) is 8.76. The molecule has 1 amide bonds. The molecule has 2 heterocycles. The zero-order valence-electron chi connectivity index (χ0n) is 18.9. The molecule has 174 valence electrons. The maximum absolute atomic E-state index is 13.3. The number of carbonyl (C=O) groups excluding carboxylic acids is 1. The lowest BCUT2D eigenvalue weighted by atomic mass is 9.90. The first-order valence-electron chi connectivity index (χ1n) is 10.9. The monoisotopic (exact) mass is 485 g/mol. The second kappa shape index (κ2) is 9.57. The summed E-state index contributed by atoms with van der Waals surface area (Å²) in [5, 5.41) is 4.44. The molecule has 6 nitrogen and oxygen atoms in total. The molecule has 3 aromatic rings. The number of fused-ring (bicyclic) bond motifs is 1. The summed E-state index contributed by atoms with van der Waals surface area (Å²) in [5.41, 5.74) is 2.25. The average Bonchev–Trinajstić information content (AvgIpc) is 3.23. The fraction of sp³-hybridized carbons (Fsp3) is 0.320. The molecule has 0 saturated heterocycles. The van der Waals surface area contributed by atoms with Gasteiger partial charge in [-0.05, 0) is 43.2 Å². The number of benzene rings is 2. The van der Waals surface area contributed by atoms with Gasteiger partial charge in [0.25, 0.3) is 0 Å². The van der Waals surface area contributed by atoms with Crippen LogP contribution >= 0.6 is 11.3 Å². The van der Waals surface area contributed by atoms with Crippen molar-refractivity contribution in [3.8, 4) is 11.5 Å². The Morgan fingerprint density at radius 3 is 2.58 bits per heavy atom. The number of hydrogen-bond acceptors (Lipinski definition) is 6.